The van der Waals surface area contributed by atoms with Crippen LogP contribution in [-0.4, -0.2) is 0 Å². The topological polar surface area (TPSA) is 9.23 Å². The number of hydrogen-bond acceptors (Lipinski definition) is 1. The van der Waals surface area contributed by atoms with Crippen molar-refractivity contribution in [3.8, 4) is 5.75 Å². The van der Waals surface area contributed by atoms with Gasteiger partial charge in [-0.3, -0.25) is 0 Å². The number of ether oxygens (including phenoxy) is 1. The van der Waals surface area contributed by atoms with Crippen LogP contribution in [0.25, 0.3) is 0 Å². The van der Waals surface area contributed by atoms with Crippen LogP contribution in [0.1, 0.15) is 34.1 Å². The van der Waals surface area contributed by atoms with Gasteiger partial charge in [0.1, 0.15) is 11.5 Å². The number of hydrogen-bond donors (Lipinski definition) is 0. The summed E-state index contributed by atoms with van der Waals surface area (Å²) < 4.78 is 5.73. The first-order valence-corrected chi connectivity index (χ1v) is 7.05. The molecule has 1 heteroatoms. The van der Waals surface area contributed by atoms with E-state index in [1.807, 2.05) is 58.0 Å². The Balaban J connectivity index is 0.000000371. The minimum Gasteiger partial charge on any atom is -0.458 e. The maximum absolute atomic E-state index is 5.73. The van der Waals surface area contributed by atoms with Crippen molar-refractivity contribution in [1.29, 1.82) is 0 Å². The van der Waals surface area contributed by atoms with Crippen molar-refractivity contribution in [2.45, 2.75) is 34.1 Å². The second kappa shape index (κ2) is 7.75. The van der Waals surface area contributed by atoms with E-state index in [-0.39, 0.29) is 0 Å². The maximum atomic E-state index is 5.73. The Morgan fingerprint density at radius 3 is 2.22 bits per heavy atom. The fourth-order valence-electron chi connectivity index (χ4n) is 1.83. The number of para-hydroxylation sites is 1. The lowest BCUT2D eigenvalue weighted by Crippen LogP contribution is -1.96. The summed E-state index contributed by atoms with van der Waals surface area (Å²) in [5.41, 5.74) is 0. The van der Waals surface area contributed by atoms with E-state index >= 15 is 0 Å². The Morgan fingerprint density at radius 1 is 0.944 bits per heavy atom. The summed E-state index contributed by atoms with van der Waals surface area (Å²) >= 11 is 0. The van der Waals surface area contributed by atoms with Gasteiger partial charge in [0.25, 0.3) is 0 Å². The van der Waals surface area contributed by atoms with E-state index in [0.29, 0.717) is 0 Å². The van der Waals surface area contributed by atoms with Crippen molar-refractivity contribution in [2.24, 2.45) is 11.8 Å². The Kier molecular flexibility index (Phi) is 6.27. The van der Waals surface area contributed by atoms with Crippen molar-refractivity contribution >= 4 is 0 Å². The van der Waals surface area contributed by atoms with Crippen LogP contribution >= 0.6 is 0 Å². The predicted octanol–water partition coefficient (Wildman–Crippen LogP) is 5.21. The molecule has 0 heterocycles. The van der Waals surface area contributed by atoms with Crippen LogP contribution in [-0.2, 0) is 0 Å². The smallest absolute Gasteiger partial charge is 0.127 e. The predicted molar refractivity (Wildman–Crippen MR) is 78.6 cm³/mol. The highest BCUT2D eigenvalue weighted by atomic mass is 16.5. The van der Waals surface area contributed by atoms with Crippen LogP contribution in [0.5, 0.6) is 5.75 Å². The number of allylic oxidation sites excluding steroid dienone is 3. The van der Waals surface area contributed by atoms with Gasteiger partial charge in [0, 0.05) is 0 Å². The summed E-state index contributed by atoms with van der Waals surface area (Å²) in [5, 5.41) is 0. The second-order valence-corrected chi connectivity index (χ2v) is 3.91. The van der Waals surface area contributed by atoms with Crippen LogP contribution in [0.4, 0.5) is 0 Å². The van der Waals surface area contributed by atoms with Gasteiger partial charge < -0.3 is 4.74 Å². The molecule has 0 amide bonds. The van der Waals surface area contributed by atoms with Gasteiger partial charge in [0.2, 0.25) is 0 Å². The monoisotopic (exact) mass is 244 g/mol. The molecule has 98 valence electrons. The summed E-state index contributed by atoms with van der Waals surface area (Å²) in [7, 11) is 0. The molecule has 18 heavy (non-hydrogen) atoms. The first-order chi connectivity index (χ1) is 8.92. The lowest BCUT2D eigenvalue weighted by Gasteiger charge is -2.08. The van der Waals surface area contributed by atoms with E-state index in [2.05, 4.69) is 18.2 Å². The zero-order valence-corrected chi connectivity index (χ0v) is 11.9. The number of benzene rings is 1. The largest absolute Gasteiger partial charge is 0.458 e. The highest BCUT2D eigenvalue weighted by Gasteiger charge is 2.35. The highest BCUT2D eigenvalue weighted by Crippen LogP contribution is 2.44. The second-order valence-electron chi connectivity index (χ2n) is 3.91. The minimum atomic E-state index is 0.749. The minimum absolute atomic E-state index is 0.749. The summed E-state index contributed by atoms with van der Waals surface area (Å²) in [6, 6.07) is 9.93. The normalized spacial score (nSPS) is 22.3. The summed E-state index contributed by atoms with van der Waals surface area (Å²) in [5.74, 6) is 3.47. The van der Waals surface area contributed by atoms with Crippen LogP contribution in [0.2, 0.25) is 0 Å². The van der Waals surface area contributed by atoms with Gasteiger partial charge >= 0.3 is 0 Å². The van der Waals surface area contributed by atoms with E-state index < -0.39 is 0 Å². The molecular formula is C17H24O. The van der Waals surface area contributed by atoms with Gasteiger partial charge in [0.15, 0.2) is 0 Å². The molecule has 2 atom stereocenters. The van der Waals surface area contributed by atoms with Gasteiger partial charge in [-0.1, -0.05) is 52.0 Å². The van der Waals surface area contributed by atoms with E-state index in [0.717, 1.165) is 23.3 Å². The molecule has 1 aromatic rings. The highest BCUT2D eigenvalue weighted by molar-refractivity contribution is 5.31. The Hall–Kier alpha value is -1.50. The standard InChI is InChI=1S/C13H12O.2C2H6/c1-2-4-12(5-3-1)14-13-7-6-10-8-11(10)9-13;2*1-2/h1-7,9-11H,8H2;2*1-2H3. The van der Waals surface area contributed by atoms with Crippen LogP contribution in [0.3, 0.4) is 0 Å². The SMILES string of the molecule is C1=CC2CC2C=C1Oc1ccccc1.CC.CC. The first kappa shape index (κ1) is 14.6. The van der Waals surface area contributed by atoms with E-state index in [9.17, 15) is 0 Å². The fraction of sp³-hybridized carbons (Fsp3) is 0.412. The summed E-state index contributed by atoms with van der Waals surface area (Å²) in [4.78, 5) is 0. The zero-order valence-electron chi connectivity index (χ0n) is 11.9. The van der Waals surface area contributed by atoms with Crippen LogP contribution in [0, 0.1) is 11.8 Å². The van der Waals surface area contributed by atoms with E-state index in [4.69, 9.17) is 4.74 Å². The molecule has 1 saturated carbocycles. The molecule has 0 aromatic heterocycles. The maximum Gasteiger partial charge on any atom is 0.127 e. The molecule has 0 aliphatic heterocycles. The lowest BCUT2D eigenvalue weighted by molar-refractivity contribution is 0.438. The molecule has 0 N–H and O–H groups in total. The zero-order chi connectivity index (χ0) is 13.4. The fourth-order valence-corrected chi connectivity index (χ4v) is 1.83. The molecule has 3 rings (SSSR count). The molecule has 0 radical (unpaired) electrons. The van der Waals surface area contributed by atoms with Crippen molar-refractivity contribution in [1.82, 2.24) is 0 Å². The van der Waals surface area contributed by atoms with Crippen LogP contribution < -0.4 is 4.74 Å². The first-order valence-electron chi connectivity index (χ1n) is 7.05. The summed E-state index contributed by atoms with van der Waals surface area (Å²) in [6.07, 6.45) is 7.87. The molecule has 2 unspecified atom stereocenters. The quantitative estimate of drug-likeness (QED) is 0.694. The van der Waals surface area contributed by atoms with E-state index in [1.54, 1.807) is 0 Å². The number of fused-ring (bicyclic) bond motifs is 1. The molecule has 2 aliphatic carbocycles. The molecular weight excluding hydrogens is 220 g/mol. The van der Waals surface area contributed by atoms with Gasteiger partial charge in [-0.15, -0.1) is 0 Å². The summed E-state index contributed by atoms with van der Waals surface area (Å²) in [6.45, 7) is 8.00. The molecule has 1 aromatic carbocycles. The molecule has 2 aliphatic rings. The third-order valence-electron chi connectivity index (χ3n) is 2.76. The van der Waals surface area contributed by atoms with Gasteiger partial charge in [-0.25, -0.2) is 0 Å². The van der Waals surface area contributed by atoms with Gasteiger partial charge in [-0.05, 0) is 42.5 Å². The van der Waals surface area contributed by atoms with Crippen molar-refractivity contribution in [2.75, 3.05) is 0 Å². The van der Waals surface area contributed by atoms with Crippen molar-refractivity contribution in [3.05, 3.63) is 54.3 Å². The third kappa shape index (κ3) is 4.06. The molecule has 0 bridgehead atoms. The molecule has 1 nitrogen and oxygen atoms in total. The van der Waals surface area contributed by atoms with Crippen molar-refractivity contribution < 1.29 is 4.74 Å². The van der Waals surface area contributed by atoms with Gasteiger partial charge in [-0.2, -0.15) is 0 Å². The van der Waals surface area contributed by atoms with Crippen molar-refractivity contribution in [3.63, 3.8) is 0 Å². The third-order valence-corrected chi connectivity index (χ3v) is 2.76. The Morgan fingerprint density at radius 2 is 1.61 bits per heavy atom. The van der Waals surface area contributed by atoms with E-state index in [1.165, 1.54) is 6.42 Å². The lowest BCUT2D eigenvalue weighted by atomic mass is 10.2. The molecule has 0 spiro atoms. The average molecular weight is 244 g/mol. The molecule has 1 fully saturated rings. The van der Waals surface area contributed by atoms with Gasteiger partial charge in [0.05, 0.1) is 0 Å². The van der Waals surface area contributed by atoms with Crippen LogP contribution in [0.15, 0.2) is 54.3 Å². The number of rotatable bonds is 2. The molecule has 0 saturated heterocycles. The Bertz CT molecular complexity index is 389. The average Bonchev–Trinajstić information content (AvgIpc) is 3.23. The Labute approximate surface area is 111 Å².